The van der Waals surface area contributed by atoms with Crippen LogP contribution in [-0.4, -0.2) is 15.6 Å². The smallest absolute Gasteiger partial charge is 0.352 e. The molecular formula is C17H14N2O2S. The van der Waals surface area contributed by atoms with E-state index in [0.29, 0.717) is 10.6 Å². The van der Waals surface area contributed by atoms with Crippen molar-refractivity contribution in [3.63, 3.8) is 0 Å². The summed E-state index contributed by atoms with van der Waals surface area (Å²) in [5.74, 6) is -0.392. The highest BCUT2D eigenvalue weighted by Crippen LogP contribution is 2.24. The molecule has 0 saturated heterocycles. The van der Waals surface area contributed by atoms with Crippen LogP contribution in [0.1, 0.15) is 20.8 Å². The van der Waals surface area contributed by atoms with Gasteiger partial charge in [-0.3, -0.25) is 0 Å². The Morgan fingerprint density at radius 1 is 1.09 bits per heavy atom. The molecule has 0 spiro atoms. The van der Waals surface area contributed by atoms with E-state index >= 15 is 0 Å². The third-order valence-electron chi connectivity index (χ3n) is 3.34. The molecule has 5 heteroatoms. The highest BCUT2D eigenvalue weighted by Gasteiger charge is 2.19. The molecule has 0 bridgehead atoms. The van der Waals surface area contributed by atoms with Gasteiger partial charge in [0.25, 0.3) is 0 Å². The van der Waals surface area contributed by atoms with Crippen molar-refractivity contribution in [2.24, 2.45) is 0 Å². The number of aryl methyl sites for hydroxylation is 1. The summed E-state index contributed by atoms with van der Waals surface area (Å²) in [5, 5.41) is 4.05. The molecule has 0 unspecified atom stereocenters. The Bertz CT molecular complexity index is 784. The number of rotatable bonds is 4. The monoisotopic (exact) mass is 310 g/mol. The zero-order valence-corrected chi connectivity index (χ0v) is 12.8. The van der Waals surface area contributed by atoms with Crippen molar-refractivity contribution in [3.05, 3.63) is 70.6 Å². The van der Waals surface area contributed by atoms with Crippen LogP contribution in [0.5, 0.6) is 0 Å². The van der Waals surface area contributed by atoms with Gasteiger partial charge in [0.15, 0.2) is 4.88 Å². The van der Waals surface area contributed by atoms with E-state index in [-0.39, 0.29) is 6.61 Å². The van der Waals surface area contributed by atoms with Gasteiger partial charge in [0.05, 0.1) is 0 Å². The minimum Gasteiger partial charge on any atom is -0.457 e. The number of hydrogen-bond acceptors (Lipinski definition) is 5. The van der Waals surface area contributed by atoms with Crippen LogP contribution in [0.3, 0.4) is 0 Å². The highest BCUT2D eigenvalue weighted by molar-refractivity contribution is 7.08. The summed E-state index contributed by atoms with van der Waals surface area (Å²) >= 11 is 1.06. The molecule has 0 fully saturated rings. The van der Waals surface area contributed by atoms with E-state index in [1.54, 1.807) is 0 Å². The average molecular weight is 310 g/mol. The maximum atomic E-state index is 12.3. The molecule has 3 aromatic rings. The Hall–Kier alpha value is -2.53. The molecule has 0 amide bonds. The lowest BCUT2D eigenvalue weighted by molar-refractivity contribution is 0.0478. The molecule has 0 aliphatic heterocycles. The number of ether oxygens (including phenoxy) is 1. The molecule has 4 nitrogen and oxygen atoms in total. The van der Waals surface area contributed by atoms with Crippen LogP contribution < -0.4 is 0 Å². The largest absolute Gasteiger partial charge is 0.457 e. The molecule has 0 radical (unpaired) electrons. The fourth-order valence-electron chi connectivity index (χ4n) is 2.09. The summed E-state index contributed by atoms with van der Waals surface area (Å²) in [5.41, 5.74) is 3.52. The predicted molar refractivity (Wildman–Crippen MR) is 85.6 cm³/mol. The van der Waals surface area contributed by atoms with Crippen LogP contribution >= 0.6 is 11.5 Å². The van der Waals surface area contributed by atoms with Gasteiger partial charge in [-0.1, -0.05) is 59.1 Å². The summed E-state index contributed by atoms with van der Waals surface area (Å²) < 4.78 is 9.29. The molecule has 3 rings (SSSR count). The fraction of sp³-hybridized carbons (Fsp3) is 0.118. The standard InChI is InChI=1S/C17H14N2O2S/c1-12-7-5-6-10-14(12)11-21-17(20)16-15(18-19-22-16)13-8-3-2-4-9-13/h2-10H,11H2,1H3. The van der Waals surface area contributed by atoms with Gasteiger partial charge in [0.2, 0.25) is 0 Å². The molecule has 0 saturated carbocycles. The first kappa shape index (κ1) is 14.4. The van der Waals surface area contributed by atoms with Crippen molar-refractivity contribution in [2.45, 2.75) is 13.5 Å². The average Bonchev–Trinajstić information content (AvgIpc) is 3.04. The second kappa shape index (κ2) is 6.49. The minimum atomic E-state index is -0.392. The zero-order chi connectivity index (χ0) is 15.4. The second-order valence-corrected chi connectivity index (χ2v) is 5.57. The first-order chi connectivity index (χ1) is 10.8. The molecule has 110 valence electrons. The number of carbonyl (C=O) groups excluding carboxylic acids is 1. The van der Waals surface area contributed by atoms with Crippen LogP contribution in [-0.2, 0) is 11.3 Å². The van der Waals surface area contributed by atoms with Crippen LogP contribution in [0.15, 0.2) is 54.6 Å². The Morgan fingerprint density at radius 2 is 1.82 bits per heavy atom. The topological polar surface area (TPSA) is 52.1 Å². The number of aromatic nitrogens is 2. The van der Waals surface area contributed by atoms with Crippen LogP contribution in [0.2, 0.25) is 0 Å². The van der Waals surface area contributed by atoms with Crippen LogP contribution in [0.4, 0.5) is 0 Å². The molecule has 0 N–H and O–H groups in total. The summed E-state index contributed by atoms with van der Waals surface area (Å²) in [6, 6.07) is 17.3. The summed E-state index contributed by atoms with van der Waals surface area (Å²) in [7, 11) is 0. The van der Waals surface area contributed by atoms with Crippen molar-refractivity contribution >= 4 is 17.5 Å². The first-order valence-electron chi connectivity index (χ1n) is 6.85. The van der Waals surface area contributed by atoms with Gasteiger partial charge in [-0.2, -0.15) is 0 Å². The number of carbonyl (C=O) groups is 1. The van der Waals surface area contributed by atoms with Gasteiger partial charge in [-0.05, 0) is 29.6 Å². The molecule has 0 atom stereocenters. The van der Waals surface area contributed by atoms with E-state index < -0.39 is 5.97 Å². The number of hydrogen-bond donors (Lipinski definition) is 0. The van der Waals surface area contributed by atoms with Crippen molar-refractivity contribution in [2.75, 3.05) is 0 Å². The van der Waals surface area contributed by atoms with Gasteiger partial charge in [0.1, 0.15) is 12.3 Å². The summed E-state index contributed by atoms with van der Waals surface area (Å²) in [6.45, 7) is 2.24. The normalized spacial score (nSPS) is 10.4. The van der Waals surface area contributed by atoms with Crippen molar-refractivity contribution in [3.8, 4) is 11.3 Å². The lowest BCUT2D eigenvalue weighted by atomic mass is 10.1. The minimum absolute atomic E-state index is 0.248. The molecule has 1 heterocycles. The maximum Gasteiger partial charge on any atom is 0.352 e. The van der Waals surface area contributed by atoms with Gasteiger partial charge in [0, 0.05) is 5.56 Å². The van der Waals surface area contributed by atoms with Gasteiger partial charge < -0.3 is 4.74 Å². The third kappa shape index (κ3) is 3.04. The summed E-state index contributed by atoms with van der Waals surface area (Å²) in [6.07, 6.45) is 0. The van der Waals surface area contributed by atoms with E-state index in [1.165, 1.54) is 0 Å². The number of esters is 1. The van der Waals surface area contributed by atoms with E-state index in [2.05, 4.69) is 9.59 Å². The van der Waals surface area contributed by atoms with Gasteiger partial charge in [-0.15, -0.1) is 5.10 Å². The zero-order valence-electron chi connectivity index (χ0n) is 12.0. The predicted octanol–water partition coefficient (Wildman–Crippen LogP) is 3.87. The highest BCUT2D eigenvalue weighted by atomic mass is 32.1. The SMILES string of the molecule is Cc1ccccc1COC(=O)c1snnc1-c1ccccc1. The van der Waals surface area contributed by atoms with Crippen LogP contribution in [0.25, 0.3) is 11.3 Å². The molecule has 22 heavy (non-hydrogen) atoms. The Labute approximate surface area is 132 Å². The maximum absolute atomic E-state index is 12.3. The van der Waals surface area contributed by atoms with Gasteiger partial charge >= 0.3 is 5.97 Å². The quantitative estimate of drug-likeness (QED) is 0.686. The fourth-order valence-corrected chi connectivity index (χ4v) is 2.67. The van der Waals surface area contributed by atoms with Crippen molar-refractivity contribution in [1.82, 2.24) is 9.59 Å². The Balaban J connectivity index is 1.77. The number of nitrogens with zero attached hydrogens (tertiary/aromatic N) is 2. The summed E-state index contributed by atoms with van der Waals surface area (Å²) in [4.78, 5) is 12.7. The second-order valence-electron chi connectivity index (χ2n) is 4.82. The van der Waals surface area contributed by atoms with E-state index in [1.807, 2.05) is 61.5 Å². The van der Waals surface area contributed by atoms with Crippen LogP contribution in [0, 0.1) is 6.92 Å². The lowest BCUT2D eigenvalue weighted by Crippen LogP contribution is -2.05. The van der Waals surface area contributed by atoms with E-state index in [4.69, 9.17) is 4.74 Å². The number of benzene rings is 2. The van der Waals surface area contributed by atoms with E-state index in [0.717, 1.165) is 28.2 Å². The first-order valence-corrected chi connectivity index (χ1v) is 7.62. The van der Waals surface area contributed by atoms with Crippen molar-refractivity contribution < 1.29 is 9.53 Å². The lowest BCUT2D eigenvalue weighted by Gasteiger charge is -2.07. The Kier molecular flexibility index (Phi) is 4.25. The molecule has 0 aliphatic rings. The molecule has 2 aromatic carbocycles. The Morgan fingerprint density at radius 3 is 2.59 bits per heavy atom. The van der Waals surface area contributed by atoms with E-state index in [9.17, 15) is 4.79 Å². The van der Waals surface area contributed by atoms with Gasteiger partial charge in [-0.25, -0.2) is 4.79 Å². The molecule has 0 aliphatic carbocycles. The third-order valence-corrected chi connectivity index (χ3v) is 4.05. The molecule has 1 aromatic heterocycles. The molecular weight excluding hydrogens is 296 g/mol. The van der Waals surface area contributed by atoms with Crippen molar-refractivity contribution in [1.29, 1.82) is 0 Å².